The molecule has 2 aromatic carbocycles. The van der Waals surface area contributed by atoms with E-state index in [1.165, 1.54) is 12.2 Å². The molecule has 0 bridgehead atoms. The van der Waals surface area contributed by atoms with Gasteiger partial charge in [0.2, 0.25) is 0 Å². The van der Waals surface area contributed by atoms with E-state index in [1.807, 2.05) is 31.2 Å². The van der Waals surface area contributed by atoms with Crippen molar-refractivity contribution >= 4 is 47.2 Å². The first-order valence-electron chi connectivity index (χ1n) is 8.12. The van der Waals surface area contributed by atoms with Gasteiger partial charge in [0.1, 0.15) is 5.75 Å². The van der Waals surface area contributed by atoms with E-state index in [2.05, 4.69) is 10.9 Å². The van der Waals surface area contributed by atoms with Crippen molar-refractivity contribution in [2.24, 2.45) is 0 Å². The van der Waals surface area contributed by atoms with Gasteiger partial charge < -0.3 is 4.74 Å². The Hall–Kier alpha value is -2.76. The quantitative estimate of drug-likeness (QED) is 0.557. The Labute approximate surface area is 167 Å². The average Bonchev–Trinajstić information content (AvgIpc) is 2.67. The van der Waals surface area contributed by atoms with Crippen LogP contribution in [0.15, 0.2) is 54.6 Å². The van der Waals surface area contributed by atoms with Gasteiger partial charge in [-0.1, -0.05) is 41.4 Å². The third-order valence-corrected chi connectivity index (χ3v) is 4.04. The fourth-order valence-electron chi connectivity index (χ4n) is 2.01. The van der Waals surface area contributed by atoms with Crippen LogP contribution in [0.1, 0.15) is 18.1 Å². The second-order valence-corrected chi connectivity index (χ2v) is 6.14. The minimum Gasteiger partial charge on any atom is -0.494 e. The lowest BCUT2D eigenvalue weighted by Crippen LogP contribution is -2.39. The number of hydrogen-bond donors (Lipinski definition) is 2. The monoisotopic (exact) mass is 404 g/mol. The van der Waals surface area contributed by atoms with Gasteiger partial charge in [-0.3, -0.25) is 20.4 Å². The SMILES string of the molecule is CCOc1ccc(/C=C/C(=O)NNC(=O)/C=C/c2ccc(Cl)c(Cl)c2)cc1. The first-order valence-corrected chi connectivity index (χ1v) is 8.87. The van der Waals surface area contributed by atoms with Gasteiger partial charge in [-0.25, -0.2) is 0 Å². The highest BCUT2D eigenvalue weighted by Gasteiger charge is 2.00. The maximum absolute atomic E-state index is 11.8. The summed E-state index contributed by atoms with van der Waals surface area (Å²) < 4.78 is 5.35. The molecular formula is C20H18Cl2N2O3. The number of halogens is 2. The van der Waals surface area contributed by atoms with Crippen molar-refractivity contribution in [3.63, 3.8) is 0 Å². The molecule has 2 aromatic rings. The summed E-state index contributed by atoms with van der Waals surface area (Å²) in [5.74, 6) is -0.177. The topological polar surface area (TPSA) is 67.4 Å². The molecule has 0 radical (unpaired) electrons. The number of benzene rings is 2. The summed E-state index contributed by atoms with van der Waals surface area (Å²) in [7, 11) is 0. The van der Waals surface area contributed by atoms with E-state index < -0.39 is 11.8 Å². The number of ether oxygens (including phenoxy) is 1. The molecule has 0 saturated heterocycles. The van der Waals surface area contributed by atoms with Crippen molar-refractivity contribution in [3.8, 4) is 5.75 Å². The zero-order chi connectivity index (χ0) is 19.6. The lowest BCUT2D eigenvalue weighted by Gasteiger charge is -2.03. The fraction of sp³-hybridized carbons (Fsp3) is 0.100. The van der Waals surface area contributed by atoms with Gasteiger partial charge in [-0.15, -0.1) is 0 Å². The Morgan fingerprint density at radius 1 is 0.889 bits per heavy atom. The number of hydrogen-bond acceptors (Lipinski definition) is 3. The second-order valence-electron chi connectivity index (χ2n) is 5.32. The smallest absolute Gasteiger partial charge is 0.262 e. The molecule has 0 aliphatic carbocycles. The molecule has 0 aliphatic rings. The van der Waals surface area contributed by atoms with Crippen LogP contribution in [0, 0.1) is 0 Å². The van der Waals surface area contributed by atoms with Gasteiger partial charge >= 0.3 is 0 Å². The Morgan fingerprint density at radius 2 is 1.44 bits per heavy atom. The lowest BCUT2D eigenvalue weighted by molar-refractivity contribution is -0.123. The summed E-state index contributed by atoms with van der Waals surface area (Å²) in [6.45, 7) is 2.50. The van der Waals surface area contributed by atoms with E-state index >= 15 is 0 Å². The Balaban J connectivity index is 1.80. The number of hydrazine groups is 1. The van der Waals surface area contributed by atoms with Crippen LogP contribution < -0.4 is 15.6 Å². The van der Waals surface area contributed by atoms with Crippen LogP contribution in [0.5, 0.6) is 5.75 Å². The fourth-order valence-corrected chi connectivity index (χ4v) is 2.31. The van der Waals surface area contributed by atoms with Crippen molar-refractivity contribution < 1.29 is 14.3 Å². The van der Waals surface area contributed by atoms with Crippen LogP contribution in [-0.2, 0) is 9.59 Å². The molecule has 140 valence electrons. The highest BCUT2D eigenvalue weighted by Crippen LogP contribution is 2.23. The minimum absolute atomic E-state index is 0.395. The van der Waals surface area contributed by atoms with E-state index in [0.29, 0.717) is 22.2 Å². The summed E-state index contributed by atoms with van der Waals surface area (Å²) in [4.78, 5) is 23.5. The molecule has 7 heteroatoms. The maximum Gasteiger partial charge on any atom is 0.262 e. The molecule has 0 spiro atoms. The van der Waals surface area contributed by atoms with Gasteiger partial charge in [-0.2, -0.15) is 0 Å². The largest absolute Gasteiger partial charge is 0.494 e. The Morgan fingerprint density at radius 3 is 2.00 bits per heavy atom. The normalized spacial score (nSPS) is 10.9. The molecule has 2 N–H and O–H groups in total. The minimum atomic E-state index is -0.483. The molecule has 0 unspecified atom stereocenters. The van der Waals surface area contributed by atoms with Crippen molar-refractivity contribution in [1.29, 1.82) is 0 Å². The van der Waals surface area contributed by atoms with Crippen molar-refractivity contribution in [1.82, 2.24) is 10.9 Å². The second kappa shape index (κ2) is 10.4. The standard InChI is InChI=1S/C20H18Cl2N2O3/c1-2-27-16-8-3-14(4-9-16)6-11-19(25)23-24-20(26)12-7-15-5-10-17(21)18(22)13-15/h3-13H,2H2,1H3,(H,23,25)(H,24,26)/b11-6+,12-7+. The molecular weight excluding hydrogens is 387 g/mol. The molecule has 2 rings (SSSR count). The number of carbonyl (C=O) groups excluding carboxylic acids is 2. The van der Waals surface area contributed by atoms with Gasteiger partial charge in [0.05, 0.1) is 16.7 Å². The summed E-state index contributed by atoms with van der Waals surface area (Å²) in [5.41, 5.74) is 6.12. The molecule has 0 aliphatic heterocycles. The zero-order valence-corrected chi connectivity index (χ0v) is 16.1. The molecule has 0 saturated carbocycles. The van der Waals surface area contributed by atoms with Gasteiger partial charge in [0.25, 0.3) is 11.8 Å². The van der Waals surface area contributed by atoms with Crippen molar-refractivity contribution in [3.05, 3.63) is 75.8 Å². The number of rotatable bonds is 6. The van der Waals surface area contributed by atoms with Crippen molar-refractivity contribution in [2.45, 2.75) is 6.92 Å². The summed E-state index contributed by atoms with van der Waals surface area (Å²) in [6.07, 6.45) is 5.77. The first-order chi connectivity index (χ1) is 13.0. The number of carbonyl (C=O) groups is 2. The van der Waals surface area contributed by atoms with E-state index in [0.717, 1.165) is 11.3 Å². The van der Waals surface area contributed by atoms with Gasteiger partial charge in [0, 0.05) is 12.2 Å². The number of nitrogens with one attached hydrogen (secondary N) is 2. The van der Waals surface area contributed by atoms with Crippen LogP contribution in [0.25, 0.3) is 12.2 Å². The predicted molar refractivity (Wildman–Crippen MR) is 108 cm³/mol. The summed E-state index contributed by atoms with van der Waals surface area (Å²) >= 11 is 11.7. The average molecular weight is 405 g/mol. The predicted octanol–water partition coefficient (Wildman–Crippen LogP) is 4.27. The molecule has 27 heavy (non-hydrogen) atoms. The van der Waals surface area contributed by atoms with Crippen LogP contribution in [0.3, 0.4) is 0 Å². The summed E-state index contributed by atoms with van der Waals surface area (Å²) in [5, 5.41) is 0.830. The van der Waals surface area contributed by atoms with Crippen LogP contribution in [0.4, 0.5) is 0 Å². The molecule has 0 aromatic heterocycles. The van der Waals surface area contributed by atoms with E-state index in [9.17, 15) is 9.59 Å². The maximum atomic E-state index is 11.8. The molecule has 0 fully saturated rings. The van der Waals surface area contributed by atoms with E-state index in [-0.39, 0.29) is 0 Å². The zero-order valence-electron chi connectivity index (χ0n) is 14.5. The van der Waals surface area contributed by atoms with Gasteiger partial charge in [-0.05, 0) is 54.5 Å². The Bertz CT molecular complexity index is 862. The van der Waals surface area contributed by atoms with Crippen LogP contribution in [-0.4, -0.2) is 18.4 Å². The lowest BCUT2D eigenvalue weighted by atomic mass is 10.2. The van der Waals surface area contributed by atoms with Crippen molar-refractivity contribution in [2.75, 3.05) is 6.61 Å². The van der Waals surface area contributed by atoms with Crippen LogP contribution >= 0.6 is 23.2 Å². The molecule has 0 heterocycles. The molecule has 5 nitrogen and oxygen atoms in total. The third-order valence-electron chi connectivity index (χ3n) is 3.30. The number of amides is 2. The van der Waals surface area contributed by atoms with E-state index in [1.54, 1.807) is 30.4 Å². The first kappa shape index (κ1) is 20.6. The van der Waals surface area contributed by atoms with E-state index in [4.69, 9.17) is 27.9 Å². The molecule has 0 atom stereocenters. The summed E-state index contributed by atoms with van der Waals surface area (Å²) in [6, 6.07) is 12.3. The van der Waals surface area contributed by atoms with Gasteiger partial charge in [0.15, 0.2) is 0 Å². The van der Waals surface area contributed by atoms with Crippen LogP contribution in [0.2, 0.25) is 10.0 Å². The Kier molecular flexibility index (Phi) is 7.92. The highest BCUT2D eigenvalue weighted by molar-refractivity contribution is 6.42. The molecule has 2 amide bonds. The highest BCUT2D eigenvalue weighted by atomic mass is 35.5. The third kappa shape index (κ3) is 7.17.